The van der Waals surface area contributed by atoms with Gasteiger partial charge in [0.1, 0.15) is 11.5 Å². The van der Waals surface area contributed by atoms with Crippen LogP contribution < -0.4 is 19.7 Å². The van der Waals surface area contributed by atoms with Crippen LogP contribution in [0.3, 0.4) is 0 Å². The number of ether oxygens (including phenoxy) is 2. The molecule has 0 fully saturated rings. The van der Waals surface area contributed by atoms with Gasteiger partial charge in [0.15, 0.2) is 0 Å². The largest absolute Gasteiger partial charge is 0.494 e. The molecule has 4 rings (SSSR count). The van der Waals surface area contributed by atoms with E-state index in [0.717, 1.165) is 53.3 Å². The predicted octanol–water partition coefficient (Wildman–Crippen LogP) is 9.39. The van der Waals surface area contributed by atoms with Gasteiger partial charge in [0.25, 0.3) is 0 Å². The smallest absolute Gasteiger partial charge is 0.326 e. The number of carbonyl (C=O) groups is 2. The molecule has 0 spiro atoms. The number of rotatable bonds is 15. The lowest BCUT2D eigenvalue weighted by Crippen LogP contribution is -2.36. The highest BCUT2D eigenvalue weighted by molar-refractivity contribution is 7.99. The Morgan fingerprint density at radius 1 is 0.767 bits per heavy atom. The number of esters is 1. The van der Waals surface area contributed by atoms with Crippen molar-refractivity contribution in [1.82, 2.24) is 0 Å². The number of benzene rings is 4. The zero-order chi connectivity index (χ0) is 30.3. The lowest BCUT2D eigenvalue weighted by molar-refractivity contribution is -0.134. The van der Waals surface area contributed by atoms with Crippen molar-refractivity contribution in [3.05, 3.63) is 109 Å². The van der Waals surface area contributed by atoms with Crippen molar-refractivity contribution in [2.75, 3.05) is 23.4 Å². The highest BCUT2D eigenvalue weighted by Gasteiger charge is 2.17. The Morgan fingerprint density at radius 2 is 1.51 bits per heavy atom. The van der Waals surface area contributed by atoms with Crippen LogP contribution in [0.2, 0.25) is 0 Å². The van der Waals surface area contributed by atoms with Crippen molar-refractivity contribution in [2.45, 2.75) is 62.2 Å². The summed E-state index contributed by atoms with van der Waals surface area (Å²) in [5, 5.41) is 3.07. The summed E-state index contributed by atoms with van der Waals surface area (Å²) in [7, 11) is 0. The van der Waals surface area contributed by atoms with Crippen molar-refractivity contribution in [2.24, 2.45) is 0 Å². The first-order valence-electron chi connectivity index (χ1n) is 15.0. The molecular weight excluding hydrogens is 556 g/mol. The summed E-state index contributed by atoms with van der Waals surface area (Å²) in [6, 6.07) is 33.1. The number of amides is 2. The first-order valence-corrected chi connectivity index (χ1v) is 15.8. The summed E-state index contributed by atoms with van der Waals surface area (Å²) < 4.78 is 11.1. The third-order valence-electron chi connectivity index (χ3n) is 6.68. The van der Waals surface area contributed by atoms with Gasteiger partial charge < -0.3 is 14.8 Å². The molecule has 43 heavy (non-hydrogen) atoms. The van der Waals surface area contributed by atoms with E-state index in [2.05, 4.69) is 24.4 Å². The fourth-order valence-corrected chi connectivity index (χ4v) is 5.28. The minimum atomic E-state index is -0.225. The molecular formula is C36H40N2O4S. The van der Waals surface area contributed by atoms with Gasteiger partial charge in [0.05, 0.1) is 6.61 Å². The molecule has 0 atom stereocenters. The van der Waals surface area contributed by atoms with E-state index in [1.165, 1.54) is 5.56 Å². The quantitative estimate of drug-likeness (QED) is 0.0841. The number of nitrogens with one attached hydrogen (secondary N) is 1. The lowest BCUT2D eigenvalue weighted by atomic mass is 10.1. The zero-order valence-corrected chi connectivity index (χ0v) is 25.8. The van der Waals surface area contributed by atoms with Crippen LogP contribution in [0.4, 0.5) is 16.2 Å². The summed E-state index contributed by atoms with van der Waals surface area (Å²) in [5.41, 5.74) is 2.78. The van der Waals surface area contributed by atoms with Crippen LogP contribution in [-0.4, -0.2) is 25.2 Å². The van der Waals surface area contributed by atoms with E-state index in [4.69, 9.17) is 9.47 Å². The van der Waals surface area contributed by atoms with Gasteiger partial charge in [0, 0.05) is 34.1 Å². The summed E-state index contributed by atoms with van der Waals surface area (Å²) in [4.78, 5) is 29.2. The molecule has 224 valence electrons. The number of nitrogens with zero attached hydrogens (tertiary/aromatic N) is 1. The Labute approximate surface area is 259 Å². The number of hydrogen-bond acceptors (Lipinski definition) is 5. The van der Waals surface area contributed by atoms with E-state index in [9.17, 15) is 9.59 Å². The van der Waals surface area contributed by atoms with Gasteiger partial charge in [-0.1, -0.05) is 68.4 Å². The van der Waals surface area contributed by atoms with Gasteiger partial charge in [-0.2, -0.15) is 0 Å². The molecule has 0 bridgehead atoms. The fourth-order valence-electron chi connectivity index (χ4n) is 4.41. The van der Waals surface area contributed by atoms with E-state index in [0.29, 0.717) is 31.0 Å². The maximum atomic E-state index is 13.6. The van der Waals surface area contributed by atoms with Crippen LogP contribution in [-0.2, 0) is 11.2 Å². The standard InChI is InChI=1S/C36H40N2O4S/c1-3-5-26-41-31-19-17-29(18-20-31)37-36(40)38(25-10-14-28-12-7-6-8-13-28)30-15-9-16-34(27-30)43-33-23-21-32(22-24-33)42-35(39)11-4-2/h6-9,12-13,15-24,27H,3-5,10-11,14,25-26H2,1-2H3,(H,37,40). The first-order chi connectivity index (χ1) is 21.0. The lowest BCUT2D eigenvalue weighted by Gasteiger charge is -2.24. The molecule has 0 unspecified atom stereocenters. The Kier molecular flexibility index (Phi) is 12.5. The second kappa shape index (κ2) is 17.0. The predicted molar refractivity (Wildman–Crippen MR) is 176 cm³/mol. The Bertz CT molecular complexity index is 1430. The van der Waals surface area contributed by atoms with Crippen LogP contribution in [0.15, 0.2) is 113 Å². The minimum absolute atomic E-state index is 0.187. The molecule has 4 aromatic carbocycles. The zero-order valence-electron chi connectivity index (χ0n) is 25.0. The molecule has 2 amide bonds. The van der Waals surface area contributed by atoms with Crippen molar-refractivity contribution >= 4 is 35.1 Å². The molecule has 0 aliphatic heterocycles. The van der Waals surface area contributed by atoms with Crippen LogP contribution in [0.5, 0.6) is 11.5 Å². The third kappa shape index (κ3) is 10.5. The summed E-state index contributed by atoms with van der Waals surface area (Å²) in [6.07, 6.45) is 4.93. The molecule has 0 aromatic heterocycles. The first kappa shape index (κ1) is 31.7. The van der Waals surface area contributed by atoms with Gasteiger partial charge in [-0.05, 0) is 98.0 Å². The SMILES string of the molecule is CCCCOc1ccc(NC(=O)N(CCCc2ccccc2)c2cccc(Sc3ccc(OC(=O)CCC)cc3)c2)cc1. The van der Waals surface area contributed by atoms with Gasteiger partial charge in [0.2, 0.25) is 0 Å². The monoisotopic (exact) mass is 596 g/mol. The molecule has 6 nitrogen and oxygen atoms in total. The van der Waals surface area contributed by atoms with Crippen LogP contribution in [0, 0.1) is 0 Å². The van der Waals surface area contributed by atoms with Gasteiger partial charge in [-0.25, -0.2) is 4.79 Å². The normalized spacial score (nSPS) is 10.7. The number of anilines is 2. The fraction of sp³-hybridized carbons (Fsp3) is 0.278. The van der Waals surface area contributed by atoms with Crippen molar-refractivity contribution in [3.63, 3.8) is 0 Å². The van der Waals surface area contributed by atoms with Gasteiger partial charge in [-0.3, -0.25) is 9.69 Å². The summed E-state index contributed by atoms with van der Waals surface area (Å²) in [6.45, 7) is 5.33. The maximum Gasteiger partial charge on any atom is 0.326 e. The number of hydrogen-bond donors (Lipinski definition) is 1. The molecule has 1 N–H and O–H groups in total. The van der Waals surface area contributed by atoms with Crippen molar-refractivity contribution in [3.8, 4) is 11.5 Å². The molecule has 0 aliphatic rings. The molecule has 4 aromatic rings. The number of aryl methyl sites for hydroxylation is 1. The average molecular weight is 597 g/mol. The summed E-state index contributed by atoms with van der Waals surface area (Å²) >= 11 is 1.59. The molecule has 0 saturated carbocycles. The summed E-state index contributed by atoms with van der Waals surface area (Å²) in [5.74, 6) is 1.11. The minimum Gasteiger partial charge on any atom is -0.494 e. The number of carbonyl (C=O) groups excluding carboxylic acids is 2. The second-order valence-electron chi connectivity index (χ2n) is 10.2. The molecule has 7 heteroatoms. The Hall–Kier alpha value is -4.23. The van der Waals surface area contributed by atoms with E-state index in [1.54, 1.807) is 16.7 Å². The molecule has 0 saturated heterocycles. The maximum absolute atomic E-state index is 13.6. The molecule has 0 radical (unpaired) electrons. The van der Waals surface area contributed by atoms with Crippen LogP contribution >= 0.6 is 11.8 Å². The van der Waals surface area contributed by atoms with Crippen molar-refractivity contribution < 1.29 is 19.1 Å². The highest BCUT2D eigenvalue weighted by Crippen LogP contribution is 2.32. The van der Waals surface area contributed by atoms with Crippen LogP contribution in [0.25, 0.3) is 0 Å². The van der Waals surface area contributed by atoms with E-state index < -0.39 is 0 Å². The second-order valence-corrected chi connectivity index (χ2v) is 11.3. The molecule has 0 aliphatic carbocycles. The molecule has 0 heterocycles. The van der Waals surface area contributed by atoms with Crippen LogP contribution in [0.1, 0.15) is 51.5 Å². The van der Waals surface area contributed by atoms with Gasteiger partial charge in [-0.15, -0.1) is 0 Å². The van der Waals surface area contributed by atoms with E-state index >= 15 is 0 Å². The topological polar surface area (TPSA) is 67.9 Å². The number of urea groups is 1. The van der Waals surface area contributed by atoms with Gasteiger partial charge >= 0.3 is 12.0 Å². The third-order valence-corrected chi connectivity index (χ3v) is 7.68. The Morgan fingerprint density at radius 3 is 2.23 bits per heavy atom. The van der Waals surface area contributed by atoms with E-state index in [1.807, 2.05) is 97.9 Å². The number of unbranched alkanes of at least 4 members (excludes halogenated alkanes) is 1. The van der Waals surface area contributed by atoms with E-state index in [-0.39, 0.29) is 12.0 Å². The average Bonchev–Trinajstić information content (AvgIpc) is 3.02. The Balaban J connectivity index is 1.46. The highest BCUT2D eigenvalue weighted by atomic mass is 32.2. The van der Waals surface area contributed by atoms with Crippen molar-refractivity contribution in [1.29, 1.82) is 0 Å².